The van der Waals surface area contributed by atoms with E-state index in [1.165, 1.54) is 0 Å². The summed E-state index contributed by atoms with van der Waals surface area (Å²) in [7, 11) is 4.07. The Kier molecular flexibility index (Phi) is 11.8. The van der Waals surface area contributed by atoms with Gasteiger partial charge in [0.15, 0.2) is 0 Å². The Bertz CT molecular complexity index is 120. The van der Waals surface area contributed by atoms with E-state index in [-0.39, 0.29) is 0 Å². The predicted molar refractivity (Wildman–Crippen MR) is 61.3 cm³/mol. The fourth-order valence-corrected chi connectivity index (χ4v) is 0.933. The van der Waals surface area contributed by atoms with E-state index in [0.717, 1.165) is 26.2 Å². The molecule has 0 heterocycles. The summed E-state index contributed by atoms with van der Waals surface area (Å²) in [6, 6.07) is 0. The molecule has 0 fully saturated rings. The summed E-state index contributed by atoms with van der Waals surface area (Å²) in [4.78, 5) is 2.10. The van der Waals surface area contributed by atoms with E-state index in [1.807, 2.05) is 14.1 Å². The van der Waals surface area contributed by atoms with Crippen LogP contribution >= 0.6 is 0 Å². The maximum Gasteiger partial charge on any atom is 0.0701 e. The summed E-state index contributed by atoms with van der Waals surface area (Å²) in [5.74, 6) is 0. The number of hydrogen-bond donors (Lipinski definition) is 0. The molecule has 0 aromatic carbocycles. The molecule has 0 aliphatic rings. The van der Waals surface area contributed by atoms with E-state index >= 15 is 0 Å². The number of likely N-dealkylation sites (N-methyl/N-ethyl adjacent to an activating group) is 1. The van der Waals surface area contributed by atoms with Crippen LogP contribution in [0.4, 0.5) is 0 Å². The summed E-state index contributed by atoms with van der Waals surface area (Å²) >= 11 is 0. The van der Waals surface area contributed by atoms with E-state index in [9.17, 15) is 0 Å². The van der Waals surface area contributed by atoms with Crippen LogP contribution in [-0.2, 0) is 14.2 Å². The van der Waals surface area contributed by atoms with Crippen LogP contribution in [0.5, 0.6) is 0 Å². The molecule has 0 aromatic rings. The van der Waals surface area contributed by atoms with Gasteiger partial charge in [0.1, 0.15) is 0 Å². The zero-order chi connectivity index (χ0) is 11.4. The highest BCUT2D eigenvalue weighted by molar-refractivity contribution is 4.40. The molecule has 0 spiro atoms. The molecule has 0 aromatic heterocycles. The van der Waals surface area contributed by atoms with Gasteiger partial charge < -0.3 is 19.1 Å². The summed E-state index contributed by atoms with van der Waals surface area (Å²) in [6.07, 6.45) is 1.06. The molecule has 0 aliphatic heterocycles. The molecule has 92 valence electrons. The largest absolute Gasteiger partial charge is 0.379 e. The number of hydrogen-bond acceptors (Lipinski definition) is 4. The third-order valence-corrected chi connectivity index (χ3v) is 1.78. The lowest BCUT2D eigenvalue weighted by molar-refractivity contribution is 0.0125. The van der Waals surface area contributed by atoms with Crippen LogP contribution in [0.1, 0.15) is 13.3 Å². The predicted octanol–water partition coefficient (Wildman–Crippen LogP) is 1.01. The van der Waals surface area contributed by atoms with Gasteiger partial charge in [-0.05, 0) is 20.5 Å². The van der Waals surface area contributed by atoms with Gasteiger partial charge >= 0.3 is 0 Å². The van der Waals surface area contributed by atoms with E-state index in [1.54, 1.807) is 0 Å². The van der Waals surface area contributed by atoms with Crippen molar-refractivity contribution in [2.24, 2.45) is 0 Å². The molecule has 0 amide bonds. The van der Waals surface area contributed by atoms with Gasteiger partial charge in [0.25, 0.3) is 0 Å². The van der Waals surface area contributed by atoms with Crippen LogP contribution in [0.3, 0.4) is 0 Å². The lowest BCUT2D eigenvalue weighted by Gasteiger charge is -2.10. The van der Waals surface area contributed by atoms with Crippen molar-refractivity contribution in [2.45, 2.75) is 13.3 Å². The number of nitrogens with zero attached hydrogens (tertiary/aromatic N) is 1. The third kappa shape index (κ3) is 13.8. The Balaban J connectivity index is 2.87. The number of ether oxygens (including phenoxy) is 3. The second kappa shape index (κ2) is 11.9. The van der Waals surface area contributed by atoms with Gasteiger partial charge in [-0.15, -0.1) is 0 Å². The maximum atomic E-state index is 5.36. The second-order valence-electron chi connectivity index (χ2n) is 3.64. The van der Waals surface area contributed by atoms with Gasteiger partial charge in [0.05, 0.1) is 33.0 Å². The van der Waals surface area contributed by atoms with Gasteiger partial charge in [-0.2, -0.15) is 0 Å². The van der Waals surface area contributed by atoms with E-state index < -0.39 is 0 Å². The van der Waals surface area contributed by atoms with Crippen molar-refractivity contribution in [3.8, 4) is 0 Å². The minimum atomic E-state index is 0.656. The zero-order valence-electron chi connectivity index (χ0n) is 10.3. The fourth-order valence-electron chi connectivity index (χ4n) is 0.933. The van der Waals surface area contributed by atoms with Crippen LogP contribution in [-0.4, -0.2) is 65.2 Å². The van der Waals surface area contributed by atoms with Gasteiger partial charge in [-0.3, -0.25) is 0 Å². The molecule has 0 saturated carbocycles. The fraction of sp³-hybridized carbons (Fsp3) is 1.00. The molecule has 0 radical (unpaired) electrons. The average Bonchev–Trinajstić information content (AvgIpc) is 2.20. The van der Waals surface area contributed by atoms with Crippen LogP contribution in [0, 0.1) is 0 Å². The van der Waals surface area contributed by atoms with Crippen LogP contribution < -0.4 is 0 Å². The lowest BCUT2D eigenvalue weighted by Crippen LogP contribution is -2.19. The summed E-state index contributed by atoms with van der Waals surface area (Å²) in [5, 5.41) is 0. The maximum absolute atomic E-state index is 5.36. The highest BCUT2D eigenvalue weighted by Crippen LogP contribution is 1.83. The Hall–Kier alpha value is -0.160. The normalized spacial score (nSPS) is 11.2. The zero-order valence-corrected chi connectivity index (χ0v) is 10.3. The molecular weight excluding hydrogens is 194 g/mol. The number of rotatable bonds is 11. The average molecular weight is 219 g/mol. The second-order valence-corrected chi connectivity index (χ2v) is 3.64. The van der Waals surface area contributed by atoms with Gasteiger partial charge in [-0.25, -0.2) is 0 Å². The first kappa shape index (κ1) is 14.8. The van der Waals surface area contributed by atoms with Crippen molar-refractivity contribution in [3.63, 3.8) is 0 Å². The first-order chi connectivity index (χ1) is 7.27. The molecule has 0 saturated heterocycles. The van der Waals surface area contributed by atoms with Crippen molar-refractivity contribution >= 4 is 0 Å². The van der Waals surface area contributed by atoms with E-state index in [4.69, 9.17) is 14.2 Å². The van der Waals surface area contributed by atoms with E-state index in [0.29, 0.717) is 26.4 Å². The molecule has 4 nitrogen and oxygen atoms in total. The quantitative estimate of drug-likeness (QED) is 0.485. The molecule has 0 unspecified atom stereocenters. The summed E-state index contributed by atoms with van der Waals surface area (Å²) < 4.78 is 16.0. The van der Waals surface area contributed by atoms with E-state index in [2.05, 4.69) is 11.8 Å². The molecule has 4 heteroatoms. The summed E-state index contributed by atoms with van der Waals surface area (Å²) in [6.45, 7) is 7.32. The minimum absolute atomic E-state index is 0.656. The van der Waals surface area contributed by atoms with Crippen molar-refractivity contribution in [2.75, 3.05) is 60.3 Å². The van der Waals surface area contributed by atoms with Crippen molar-refractivity contribution in [3.05, 3.63) is 0 Å². The Morgan fingerprint density at radius 3 is 1.67 bits per heavy atom. The molecule has 0 rings (SSSR count). The Morgan fingerprint density at radius 2 is 1.20 bits per heavy atom. The Morgan fingerprint density at radius 1 is 0.733 bits per heavy atom. The molecular formula is C11H25NO3. The molecule has 0 N–H and O–H groups in total. The third-order valence-electron chi connectivity index (χ3n) is 1.78. The smallest absolute Gasteiger partial charge is 0.0701 e. The lowest BCUT2D eigenvalue weighted by atomic mass is 10.5. The topological polar surface area (TPSA) is 30.9 Å². The SMILES string of the molecule is CCCOCCOCCOCCN(C)C. The first-order valence-corrected chi connectivity index (χ1v) is 5.65. The highest BCUT2D eigenvalue weighted by atomic mass is 16.5. The molecule has 0 atom stereocenters. The monoisotopic (exact) mass is 219 g/mol. The van der Waals surface area contributed by atoms with Gasteiger partial charge in [-0.1, -0.05) is 6.92 Å². The summed E-state index contributed by atoms with van der Waals surface area (Å²) in [5.41, 5.74) is 0. The highest BCUT2D eigenvalue weighted by Gasteiger charge is 1.92. The minimum Gasteiger partial charge on any atom is -0.379 e. The van der Waals surface area contributed by atoms with Crippen molar-refractivity contribution in [1.29, 1.82) is 0 Å². The Labute approximate surface area is 93.5 Å². The van der Waals surface area contributed by atoms with Gasteiger partial charge in [0, 0.05) is 13.2 Å². The first-order valence-electron chi connectivity index (χ1n) is 5.65. The van der Waals surface area contributed by atoms with Crippen molar-refractivity contribution < 1.29 is 14.2 Å². The van der Waals surface area contributed by atoms with Crippen LogP contribution in [0.25, 0.3) is 0 Å². The van der Waals surface area contributed by atoms with Crippen molar-refractivity contribution in [1.82, 2.24) is 4.90 Å². The van der Waals surface area contributed by atoms with Crippen LogP contribution in [0.15, 0.2) is 0 Å². The molecule has 15 heavy (non-hydrogen) atoms. The standard InChI is InChI=1S/C11H25NO3/c1-4-6-13-8-10-15-11-9-14-7-5-12(2)3/h4-11H2,1-3H3. The van der Waals surface area contributed by atoms with Crippen LogP contribution in [0.2, 0.25) is 0 Å². The van der Waals surface area contributed by atoms with Gasteiger partial charge in [0.2, 0.25) is 0 Å². The molecule has 0 aliphatic carbocycles. The molecule has 0 bridgehead atoms.